The molecule has 0 amide bonds. The molecule has 152 valence electrons. The number of carbonyl (C=O) groups is 3. The van der Waals surface area contributed by atoms with E-state index >= 15 is 0 Å². The lowest BCUT2D eigenvalue weighted by Crippen LogP contribution is -2.29. The molecule has 2 aromatic heterocycles. The number of fused-ring (bicyclic) bond motifs is 1. The molecule has 3 aromatic rings. The van der Waals surface area contributed by atoms with Gasteiger partial charge in [0.05, 0.1) is 23.9 Å². The molecule has 0 bridgehead atoms. The number of oxazole rings is 1. The van der Waals surface area contributed by atoms with Crippen LogP contribution in [0.5, 0.6) is 0 Å². The second kappa shape index (κ2) is 7.78. The van der Waals surface area contributed by atoms with Crippen LogP contribution in [0.1, 0.15) is 39.0 Å². The highest BCUT2D eigenvalue weighted by atomic mass is 16.5. The van der Waals surface area contributed by atoms with E-state index < -0.39 is 36.1 Å². The molecular weight excluding hydrogens is 380 g/mol. The first-order chi connectivity index (χ1) is 13.7. The van der Waals surface area contributed by atoms with E-state index in [0.717, 1.165) is 4.57 Å². The van der Waals surface area contributed by atoms with E-state index in [9.17, 15) is 19.2 Å². The molecule has 0 saturated carbocycles. The van der Waals surface area contributed by atoms with Crippen molar-refractivity contribution in [3.63, 3.8) is 0 Å². The van der Waals surface area contributed by atoms with E-state index in [2.05, 4.69) is 4.98 Å². The number of esters is 2. The van der Waals surface area contributed by atoms with Gasteiger partial charge in [0.15, 0.2) is 11.7 Å². The van der Waals surface area contributed by atoms with E-state index in [1.807, 2.05) is 0 Å². The lowest BCUT2D eigenvalue weighted by Gasteiger charge is -2.12. The van der Waals surface area contributed by atoms with Crippen molar-refractivity contribution in [2.24, 2.45) is 0 Å². The predicted molar refractivity (Wildman–Crippen MR) is 102 cm³/mol. The quantitative estimate of drug-likeness (QED) is 0.497. The third-order valence-electron chi connectivity index (χ3n) is 4.61. The van der Waals surface area contributed by atoms with Crippen molar-refractivity contribution >= 4 is 28.8 Å². The number of aromatic amines is 1. The van der Waals surface area contributed by atoms with Gasteiger partial charge in [0, 0.05) is 5.69 Å². The Morgan fingerprint density at radius 2 is 1.90 bits per heavy atom. The number of Topliss-reactive ketones (excluding diaryl/α,β-unsaturated/α-hetero) is 1. The molecule has 0 aliphatic rings. The van der Waals surface area contributed by atoms with Crippen LogP contribution in [0.4, 0.5) is 0 Å². The Morgan fingerprint density at radius 3 is 2.59 bits per heavy atom. The number of methoxy groups -OCH3 is 1. The Labute approximate surface area is 165 Å². The Kier molecular flexibility index (Phi) is 5.40. The molecule has 9 heteroatoms. The highest BCUT2D eigenvalue weighted by Gasteiger charge is 2.27. The minimum Gasteiger partial charge on any atom is -0.465 e. The maximum Gasteiger partial charge on any atom is 0.420 e. The normalized spacial score (nSPS) is 12.0. The van der Waals surface area contributed by atoms with E-state index in [1.165, 1.54) is 14.0 Å². The Bertz CT molecular complexity index is 1170. The third kappa shape index (κ3) is 3.71. The zero-order valence-electron chi connectivity index (χ0n) is 16.4. The lowest BCUT2D eigenvalue weighted by atomic mass is 10.1. The molecule has 0 fully saturated rings. The zero-order valence-corrected chi connectivity index (χ0v) is 16.4. The Balaban J connectivity index is 1.76. The van der Waals surface area contributed by atoms with Crippen molar-refractivity contribution < 1.29 is 28.3 Å². The summed E-state index contributed by atoms with van der Waals surface area (Å²) in [7, 11) is 1.25. The van der Waals surface area contributed by atoms with Crippen molar-refractivity contribution in [1.29, 1.82) is 0 Å². The first-order valence-electron chi connectivity index (χ1n) is 8.84. The maximum absolute atomic E-state index is 12.7. The van der Waals surface area contributed by atoms with Gasteiger partial charge in [-0.05, 0) is 38.5 Å². The number of hydrogen-bond acceptors (Lipinski definition) is 7. The van der Waals surface area contributed by atoms with E-state index in [0.29, 0.717) is 22.4 Å². The summed E-state index contributed by atoms with van der Waals surface area (Å²) >= 11 is 0. The summed E-state index contributed by atoms with van der Waals surface area (Å²) in [5, 5.41) is 0. The molecule has 1 N–H and O–H groups in total. The van der Waals surface area contributed by atoms with E-state index in [-0.39, 0.29) is 11.3 Å². The Hall–Kier alpha value is -3.62. The van der Waals surface area contributed by atoms with Gasteiger partial charge in [-0.15, -0.1) is 0 Å². The van der Waals surface area contributed by atoms with Crippen LogP contribution >= 0.6 is 0 Å². The number of carbonyl (C=O) groups excluding carboxylic acids is 3. The molecule has 29 heavy (non-hydrogen) atoms. The van der Waals surface area contributed by atoms with Crippen LogP contribution in [0.3, 0.4) is 0 Å². The monoisotopic (exact) mass is 400 g/mol. The summed E-state index contributed by atoms with van der Waals surface area (Å²) in [5.41, 5.74) is 2.13. The second-order valence-corrected chi connectivity index (χ2v) is 6.53. The van der Waals surface area contributed by atoms with Crippen LogP contribution in [0.15, 0.2) is 33.5 Å². The molecule has 2 heterocycles. The fourth-order valence-corrected chi connectivity index (χ4v) is 3.19. The summed E-state index contributed by atoms with van der Waals surface area (Å²) in [6, 6.07) is 6.67. The average molecular weight is 400 g/mol. The van der Waals surface area contributed by atoms with E-state index in [1.54, 1.807) is 38.1 Å². The zero-order chi connectivity index (χ0) is 21.3. The molecular formula is C20H20N2O7. The molecule has 0 saturated heterocycles. The molecule has 1 aromatic carbocycles. The Morgan fingerprint density at radius 1 is 1.21 bits per heavy atom. The number of nitrogens with zero attached hydrogens (tertiary/aromatic N) is 1. The highest BCUT2D eigenvalue weighted by Crippen LogP contribution is 2.21. The summed E-state index contributed by atoms with van der Waals surface area (Å²) < 4.78 is 16.1. The minimum absolute atomic E-state index is 0.161. The van der Waals surface area contributed by atoms with Crippen LogP contribution in [0, 0.1) is 13.8 Å². The van der Waals surface area contributed by atoms with Gasteiger partial charge in [0.1, 0.15) is 6.54 Å². The SMILES string of the molecule is COC(=O)c1c(C)[nH]c(C(=O)[C@H](C)OC(=O)Cn2c(=O)oc3ccccc32)c1C. The molecule has 0 aliphatic carbocycles. The number of H-pyrrole nitrogens is 1. The van der Waals surface area contributed by atoms with Crippen molar-refractivity contribution in [2.45, 2.75) is 33.4 Å². The van der Waals surface area contributed by atoms with Crippen LogP contribution in [-0.2, 0) is 20.8 Å². The largest absolute Gasteiger partial charge is 0.465 e. The van der Waals surface area contributed by atoms with Gasteiger partial charge in [-0.25, -0.2) is 9.59 Å². The van der Waals surface area contributed by atoms with Crippen molar-refractivity contribution in [3.8, 4) is 0 Å². The lowest BCUT2D eigenvalue weighted by molar-refractivity contribution is -0.147. The topological polar surface area (TPSA) is 121 Å². The predicted octanol–water partition coefficient (Wildman–Crippen LogP) is 2.14. The maximum atomic E-state index is 12.7. The smallest absolute Gasteiger partial charge is 0.420 e. The van der Waals surface area contributed by atoms with Gasteiger partial charge >= 0.3 is 17.7 Å². The standard InChI is InChI=1S/C20H20N2O7/c1-10-16(19(25)27-4)11(2)21-17(10)18(24)12(3)28-15(23)9-22-13-7-5-6-8-14(13)29-20(22)26/h5-8,12,21H,9H2,1-4H3/t12-/m0/s1. The number of hydrogen-bond donors (Lipinski definition) is 1. The summed E-state index contributed by atoms with van der Waals surface area (Å²) in [6.45, 7) is 4.27. The summed E-state index contributed by atoms with van der Waals surface area (Å²) in [5.74, 6) is -2.53. The molecule has 3 rings (SSSR count). The second-order valence-electron chi connectivity index (χ2n) is 6.53. The van der Waals surface area contributed by atoms with Gasteiger partial charge < -0.3 is 18.9 Å². The summed E-state index contributed by atoms with van der Waals surface area (Å²) in [4.78, 5) is 51.7. The first-order valence-corrected chi connectivity index (χ1v) is 8.84. The first kappa shape index (κ1) is 20.1. The number of para-hydroxylation sites is 2. The number of rotatable bonds is 6. The third-order valence-corrected chi connectivity index (χ3v) is 4.61. The minimum atomic E-state index is -1.13. The molecule has 0 aliphatic heterocycles. The molecule has 0 spiro atoms. The van der Waals surface area contributed by atoms with Gasteiger partial charge in [0.25, 0.3) is 0 Å². The fraction of sp³-hybridized carbons (Fsp3) is 0.300. The van der Waals surface area contributed by atoms with Crippen molar-refractivity contribution in [3.05, 3.63) is 57.3 Å². The molecule has 0 unspecified atom stereocenters. The van der Waals surface area contributed by atoms with Crippen LogP contribution in [0.2, 0.25) is 0 Å². The summed E-state index contributed by atoms with van der Waals surface area (Å²) in [6.07, 6.45) is -1.13. The fourth-order valence-electron chi connectivity index (χ4n) is 3.19. The van der Waals surface area contributed by atoms with Gasteiger partial charge in [-0.1, -0.05) is 12.1 Å². The molecule has 9 nitrogen and oxygen atoms in total. The van der Waals surface area contributed by atoms with Crippen molar-refractivity contribution in [2.75, 3.05) is 7.11 Å². The molecule has 0 radical (unpaired) electrons. The molecule has 1 atom stereocenters. The number of aryl methyl sites for hydroxylation is 1. The number of aromatic nitrogens is 2. The number of nitrogens with one attached hydrogen (secondary N) is 1. The van der Waals surface area contributed by atoms with Crippen molar-refractivity contribution in [1.82, 2.24) is 9.55 Å². The number of benzene rings is 1. The van der Waals surface area contributed by atoms with Gasteiger partial charge in [-0.3, -0.25) is 14.2 Å². The number of ether oxygens (including phenoxy) is 2. The van der Waals surface area contributed by atoms with Gasteiger partial charge in [-0.2, -0.15) is 0 Å². The van der Waals surface area contributed by atoms with E-state index in [4.69, 9.17) is 13.9 Å². The highest BCUT2D eigenvalue weighted by molar-refractivity contribution is 6.03. The average Bonchev–Trinajstić information content (AvgIpc) is 3.16. The number of ketones is 1. The van der Waals surface area contributed by atoms with Crippen LogP contribution in [-0.4, -0.2) is 40.5 Å². The van der Waals surface area contributed by atoms with Gasteiger partial charge in [0.2, 0.25) is 5.78 Å². The van der Waals surface area contributed by atoms with Crippen LogP contribution < -0.4 is 5.76 Å². The van der Waals surface area contributed by atoms with Crippen LogP contribution in [0.25, 0.3) is 11.1 Å².